The van der Waals surface area contributed by atoms with Crippen LogP contribution in [0.3, 0.4) is 0 Å². The summed E-state index contributed by atoms with van der Waals surface area (Å²) < 4.78 is 0. The van der Waals surface area contributed by atoms with E-state index in [1.54, 1.807) is 42.5 Å². The van der Waals surface area contributed by atoms with Gasteiger partial charge in [0.2, 0.25) is 5.91 Å². The van der Waals surface area contributed by atoms with Crippen LogP contribution in [0, 0.1) is 10.1 Å². The molecule has 0 aromatic heterocycles. The first-order valence-electron chi connectivity index (χ1n) is 8.41. The smallest absolute Gasteiger partial charge is 0.319 e. The van der Waals surface area contributed by atoms with Crippen molar-refractivity contribution >= 4 is 34.7 Å². The molecular formula is C18H21N5O4. The van der Waals surface area contributed by atoms with E-state index in [9.17, 15) is 19.7 Å². The molecular weight excluding hydrogens is 350 g/mol. The number of anilines is 3. The maximum atomic E-state index is 12.1. The lowest BCUT2D eigenvalue weighted by Gasteiger charge is -2.10. The molecule has 0 aliphatic carbocycles. The highest BCUT2D eigenvalue weighted by Crippen LogP contribution is 2.23. The number of carbonyl (C=O) groups is 2. The third kappa shape index (κ3) is 6.31. The summed E-state index contributed by atoms with van der Waals surface area (Å²) in [6.45, 7) is 2.57. The van der Waals surface area contributed by atoms with Crippen molar-refractivity contribution in [2.45, 2.75) is 13.3 Å². The molecule has 0 saturated heterocycles. The molecule has 2 aromatic carbocycles. The number of benzene rings is 2. The van der Waals surface area contributed by atoms with Gasteiger partial charge in [-0.25, -0.2) is 4.79 Å². The first kappa shape index (κ1) is 19.7. The third-order valence-corrected chi connectivity index (χ3v) is 3.51. The Balaban J connectivity index is 1.86. The zero-order valence-corrected chi connectivity index (χ0v) is 14.8. The van der Waals surface area contributed by atoms with Crippen LogP contribution in [-0.2, 0) is 4.79 Å². The maximum Gasteiger partial charge on any atom is 0.319 e. The highest BCUT2D eigenvalue weighted by atomic mass is 16.6. The van der Waals surface area contributed by atoms with Gasteiger partial charge in [-0.2, -0.15) is 0 Å². The van der Waals surface area contributed by atoms with Crippen LogP contribution in [-0.4, -0.2) is 30.0 Å². The van der Waals surface area contributed by atoms with Crippen molar-refractivity contribution in [2.24, 2.45) is 0 Å². The Labute approximate surface area is 156 Å². The van der Waals surface area contributed by atoms with Crippen molar-refractivity contribution in [3.63, 3.8) is 0 Å². The Hall–Kier alpha value is -3.62. The van der Waals surface area contributed by atoms with Crippen LogP contribution in [0.1, 0.15) is 13.3 Å². The number of nitro groups is 1. The van der Waals surface area contributed by atoms with Crippen molar-refractivity contribution in [2.75, 3.05) is 29.0 Å². The highest BCUT2D eigenvalue weighted by Gasteiger charge is 2.12. The van der Waals surface area contributed by atoms with Crippen LogP contribution < -0.4 is 21.3 Å². The van der Waals surface area contributed by atoms with Gasteiger partial charge in [-0.1, -0.05) is 18.2 Å². The number of amides is 3. The summed E-state index contributed by atoms with van der Waals surface area (Å²) in [4.78, 5) is 34.1. The molecule has 0 atom stereocenters. The SMILES string of the molecule is CCNC(=O)Nc1cccc(NC(=O)CCNc2ccccc2[N+](=O)[O-])c1. The number of hydrogen-bond donors (Lipinski definition) is 4. The Bertz CT molecular complexity index is 825. The van der Waals surface area contributed by atoms with E-state index in [0.29, 0.717) is 23.6 Å². The molecule has 2 rings (SSSR count). The summed E-state index contributed by atoms with van der Waals surface area (Å²) >= 11 is 0. The van der Waals surface area contributed by atoms with Gasteiger partial charge in [0.1, 0.15) is 5.69 Å². The number of hydrogen-bond acceptors (Lipinski definition) is 5. The second kappa shape index (κ2) is 9.76. The largest absolute Gasteiger partial charge is 0.379 e. The average molecular weight is 371 g/mol. The normalized spacial score (nSPS) is 9.96. The number of nitrogens with one attached hydrogen (secondary N) is 4. The van der Waals surface area contributed by atoms with E-state index in [-0.39, 0.29) is 30.6 Å². The van der Waals surface area contributed by atoms with E-state index in [2.05, 4.69) is 21.3 Å². The van der Waals surface area contributed by atoms with Gasteiger partial charge < -0.3 is 21.3 Å². The van der Waals surface area contributed by atoms with Crippen LogP contribution in [0.2, 0.25) is 0 Å². The minimum Gasteiger partial charge on any atom is -0.379 e. The molecule has 0 radical (unpaired) electrons. The Morgan fingerprint density at radius 2 is 1.74 bits per heavy atom. The summed E-state index contributed by atoms with van der Waals surface area (Å²) in [5.41, 5.74) is 1.42. The number of para-hydroxylation sites is 2. The fourth-order valence-electron chi connectivity index (χ4n) is 2.33. The molecule has 9 nitrogen and oxygen atoms in total. The fourth-order valence-corrected chi connectivity index (χ4v) is 2.33. The molecule has 0 unspecified atom stereocenters. The number of nitrogens with zero attached hydrogens (tertiary/aromatic N) is 1. The standard InChI is InChI=1S/C18H21N5O4/c1-2-19-18(25)22-14-7-5-6-13(12-14)21-17(24)10-11-20-15-8-3-4-9-16(15)23(26)27/h3-9,12,20H,2,10-11H2,1H3,(H,21,24)(H2,19,22,25). The Morgan fingerprint density at radius 1 is 1.04 bits per heavy atom. The molecule has 0 aliphatic heterocycles. The Morgan fingerprint density at radius 3 is 2.44 bits per heavy atom. The fraction of sp³-hybridized carbons (Fsp3) is 0.222. The second-order valence-electron chi connectivity index (χ2n) is 5.56. The monoisotopic (exact) mass is 371 g/mol. The lowest BCUT2D eigenvalue weighted by atomic mass is 10.2. The van der Waals surface area contributed by atoms with Gasteiger partial charge in [0.15, 0.2) is 0 Å². The van der Waals surface area contributed by atoms with E-state index in [4.69, 9.17) is 0 Å². The molecule has 0 aliphatic rings. The highest BCUT2D eigenvalue weighted by molar-refractivity contribution is 5.93. The van der Waals surface area contributed by atoms with E-state index >= 15 is 0 Å². The zero-order valence-electron chi connectivity index (χ0n) is 14.8. The van der Waals surface area contributed by atoms with E-state index in [1.165, 1.54) is 6.07 Å². The molecule has 0 bridgehead atoms. The van der Waals surface area contributed by atoms with Gasteiger partial charge in [0.25, 0.3) is 5.69 Å². The lowest BCUT2D eigenvalue weighted by molar-refractivity contribution is -0.384. The minimum absolute atomic E-state index is 0.0398. The van der Waals surface area contributed by atoms with Crippen molar-refractivity contribution in [3.05, 3.63) is 58.6 Å². The topological polar surface area (TPSA) is 125 Å². The average Bonchev–Trinajstić information content (AvgIpc) is 2.62. The summed E-state index contributed by atoms with van der Waals surface area (Å²) in [6.07, 6.45) is 0.125. The molecule has 2 aromatic rings. The van der Waals surface area contributed by atoms with Crippen LogP contribution in [0.4, 0.5) is 27.5 Å². The molecule has 0 saturated carbocycles. The summed E-state index contributed by atoms with van der Waals surface area (Å²) in [5.74, 6) is -0.253. The molecule has 0 spiro atoms. The van der Waals surface area contributed by atoms with Gasteiger partial charge in [0, 0.05) is 37.0 Å². The van der Waals surface area contributed by atoms with Gasteiger partial charge >= 0.3 is 6.03 Å². The van der Waals surface area contributed by atoms with Crippen LogP contribution in [0.25, 0.3) is 0 Å². The first-order valence-corrected chi connectivity index (χ1v) is 8.41. The number of urea groups is 1. The molecule has 0 fully saturated rings. The molecule has 4 N–H and O–H groups in total. The van der Waals surface area contributed by atoms with Crippen LogP contribution in [0.15, 0.2) is 48.5 Å². The van der Waals surface area contributed by atoms with Crippen molar-refractivity contribution in [1.29, 1.82) is 0 Å². The van der Waals surface area contributed by atoms with Gasteiger partial charge in [0.05, 0.1) is 4.92 Å². The van der Waals surface area contributed by atoms with E-state index < -0.39 is 4.92 Å². The molecule has 9 heteroatoms. The number of nitro benzene ring substituents is 1. The predicted molar refractivity (Wildman–Crippen MR) is 104 cm³/mol. The third-order valence-electron chi connectivity index (χ3n) is 3.51. The van der Waals surface area contributed by atoms with Gasteiger partial charge in [-0.3, -0.25) is 14.9 Å². The quantitative estimate of drug-likeness (QED) is 0.419. The Kier molecular flexibility index (Phi) is 7.12. The molecule has 27 heavy (non-hydrogen) atoms. The van der Waals surface area contributed by atoms with Crippen LogP contribution >= 0.6 is 0 Å². The first-order chi connectivity index (χ1) is 13.0. The lowest BCUT2D eigenvalue weighted by Crippen LogP contribution is -2.28. The van der Waals surface area contributed by atoms with Crippen molar-refractivity contribution in [1.82, 2.24) is 5.32 Å². The summed E-state index contributed by atoms with van der Waals surface area (Å²) in [7, 11) is 0. The second-order valence-corrected chi connectivity index (χ2v) is 5.56. The maximum absolute atomic E-state index is 12.1. The summed E-state index contributed by atoms with van der Waals surface area (Å²) in [6, 6.07) is 12.7. The molecule has 0 heterocycles. The van der Waals surface area contributed by atoms with Crippen LogP contribution in [0.5, 0.6) is 0 Å². The van der Waals surface area contributed by atoms with Crippen molar-refractivity contribution in [3.8, 4) is 0 Å². The zero-order chi connectivity index (χ0) is 19.6. The predicted octanol–water partition coefficient (Wildman–Crippen LogP) is 3.18. The number of carbonyl (C=O) groups excluding carboxylic acids is 2. The summed E-state index contributed by atoms with van der Waals surface area (Å²) in [5, 5.41) is 21.9. The molecule has 3 amide bonds. The van der Waals surface area contributed by atoms with E-state index in [0.717, 1.165) is 0 Å². The number of rotatable bonds is 8. The van der Waals surface area contributed by atoms with Crippen molar-refractivity contribution < 1.29 is 14.5 Å². The van der Waals surface area contributed by atoms with E-state index in [1.807, 2.05) is 6.92 Å². The molecule has 142 valence electrons. The minimum atomic E-state index is -0.477. The van der Waals surface area contributed by atoms with Gasteiger partial charge in [-0.15, -0.1) is 0 Å². The van der Waals surface area contributed by atoms with Gasteiger partial charge in [-0.05, 0) is 31.2 Å².